The van der Waals surface area contributed by atoms with Gasteiger partial charge < -0.3 is 10.6 Å². The Morgan fingerprint density at radius 1 is 1.10 bits per heavy atom. The molecule has 4 aliphatic carbocycles. The molecule has 0 spiro atoms. The number of allylic oxidation sites excluding steroid dienone is 2. The third-order valence-corrected chi connectivity index (χ3v) is 8.73. The molecular weight excluding hydrogens is 362 g/mol. The van der Waals surface area contributed by atoms with E-state index in [9.17, 15) is 9.90 Å². The Kier molecular flexibility index (Phi) is 5.07. The third kappa shape index (κ3) is 3.03. The Morgan fingerprint density at radius 2 is 1.90 bits per heavy atom. The summed E-state index contributed by atoms with van der Waals surface area (Å²) < 4.78 is 0. The number of Topliss-reactive ketones (excluding diaryl/α,β-unsaturated/α-hetero) is 1. The number of hydrogen-bond acceptors (Lipinski definition) is 3. The molecule has 0 aromatic carbocycles. The van der Waals surface area contributed by atoms with Crippen LogP contribution in [0.25, 0.3) is 6.08 Å². The van der Waals surface area contributed by atoms with E-state index < -0.39 is 0 Å². The lowest BCUT2D eigenvalue weighted by Gasteiger charge is -2.56. The highest BCUT2D eigenvalue weighted by Gasteiger charge is 2.59. The second-order valence-corrected chi connectivity index (χ2v) is 10.1. The second kappa shape index (κ2) is 7.17. The van der Waals surface area contributed by atoms with Crippen molar-refractivity contribution < 1.29 is 15.4 Å². The van der Waals surface area contributed by atoms with Crippen LogP contribution < -0.4 is 0 Å². The SMILES string of the molecule is C[C@]12CC[C@H](O)CC1=CC[C@@H]1[C@@H]2CC[C@]2(C)C(=O)/C(=C/c3ccccn3)C[C@@H]12.O. The van der Waals surface area contributed by atoms with Gasteiger partial charge in [-0.2, -0.15) is 0 Å². The topological polar surface area (TPSA) is 81.7 Å². The smallest absolute Gasteiger partial charge is 0.165 e. The van der Waals surface area contributed by atoms with Crippen LogP contribution in [-0.4, -0.2) is 27.5 Å². The molecule has 6 atom stereocenters. The molecule has 1 aromatic rings. The van der Waals surface area contributed by atoms with Crippen LogP contribution in [0.2, 0.25) is 0 Å². The Hall–Kier alpha value is -1.78. The van der Waals surface area contributed by atoms with Gasteiger partial charge in [-0.05, 0) is 91.9 Å². The maximum Gasteiger partial charge on any atom is 0.165 e. The van der Waals surface area contributed by atoms with Gasteiger partial charge in [0.25, 0.3) is 0 Å². The molecule has 3 N–H and O–H groups in total. The fourth-order valence-corrected chi connectivity index (χ4v) is 7.08. The van der Waals surface area contributed by atoms with Gasteiger partial charge in [0.1, 0.15) is 0 Å². The van der Waals surface area contributed by atoms with Crippen molar-refractivity contribution in [3.63, 3.8) is 0 Å². The molecule has 0 aliphatic heterocycles. The third-order valence-electron chi connectivity index (χ3n) is 8.73. The van der Waals surface area contributed by atoms with Gasteiger partial charge in [-0.15, -0.1) is 0 Å². The van der Waals surface area contributed by atoms with E-state index in [1.807, 2.05) is 24.3 Å². The molecule has 1 aromatic heterocycles. The van der Waals surface area contributed by atoms with Gasteiger partial charge in [-0.25, -0.2) is 0 Å². The van der Waals surface area contributed by atoms with Crippen molar-refractivity contribution in [3.8, 4) is 0 Å². The molecule has 0 unspecified atom stereocenters. The standard InChI is InChI=1S/C25H31NO2.H2O/c1-24-10-8-19(27)15-17(24)6-7-20-21(24)9-11-25(2)22(20)14-16(23(25)28)13-18-5-3-4-12-26-18;/h3-6,12-13,19-22,27H,7-11,14-15H2,1-2H3;1H2/b16-13+;/t19-,20+,21-,22-,24-,25-;/m0./s1. The van der Waals surface area contributed by atoms with Gasteiger partial charge in [0.15, 0.2) is 5.78 Å². The number of hydrogen-bond donors (Lipinski definition) is 1. The Morgan fingerprint density at radius 3 is 2.66 bits per heavy atom. The lowest BCUT2D eigenvalue weighted by Crippen LogP contribution is -2.50. The summed E-state index contributed by atoms with van der Waals surface area (Å²) in [5.41, 5.74) is 3.37. The highest BCUT2D eigenvalue weighted by atomic mass is 16.3. The van der Waals surface area contributed by atoms with Crippen LogP contribution in [0.15, 0.2) is 41.6 Å². The van der Waals surface area contributed by atoms with Gasteiger partial charge in [-0.1, -0.05) is 31.6 Å². The van der Waals surface area contributed by atoms with Crippen molar-refractivity contribution in [2.45, 2.75) is 64.9 Å². The van der Waals surface area contributed by atoms with E-state index in [2.05, 4.69) is 24.9 Å². The highest BCUT2D eigenvalue weighted by molar-refractivity contribution is 6.05. The number of fused-ring (bicyclic) bond motifs is 5. The fraction of sp³-hybridized carbons (Fsp3) is 0.600. The molecule has 4 nitrogen and oxygen atoms in total. The van der Waals surface area contributed by atoms with Crippen LogP contribution in [0, 0.1) is 28.6 Å². The van der Waals surface area contributed by atoms with Gasteiger partial charge in [0.05, 0.1) is 11.8 Å². The van der Waals surface area contributed by atoms with E-state index in [1.165, 1.54) is 5.57 Å². The largest absolute Gasteiger partial charge is 0.412 e. The van der Waals surface area contributed by atoms with E-state index >= 15 is 0 Å². The molecule has 0 bridgehead atoms. The minimum Gasteiger partial charge on any atom is -0.412 e. The average Bonchev–Trinajstić information content (AvgIpc) is 2.94. The molecule has 0 saturated heterocycles. The molecule has 29 heavy (non-hydrogen) atoms. The molecule has 3 saturated carbocycles. The number of carbonyl (C=O) groups is 1. The minimum absolute atomic E-state index is 0. The first-order chi connectivity index (χ1) is 13.4. The predicted molar refractivity (Wildman–Crippen MR) is 114 cm³/mol. The van der Waals surface area contributed by atoms with Crippen molar-refractivity contribution >= 4 is 11.9 Å². The summed E-state index contributed by atoms with van der Waals surface area (Å²) in [6.45, 7) is 4.66. The van der Waals surface area contributed by atoms with Gasteiger partial charge >= 0.3 is 0 Å². The fourth-order valence-electron chi connectivity index (χ4n) is 7.08. The maximum absolute atomic E-state index is 13.4. The Labute approximate surface area is 173 Å². The quantitative estimate of drug-likeness (QED) is 0.573. The molecule has 0 amide bonds. The highest BCUT2D eigenvalue weighted by Crippen LogP contribution is 2.64. The van der Waals surface area contributed by atoms with E-state index in [0.29, 0.717) is 23.5 Å². The summed E-state index contributed by atoms with van der Waals surface area (Å²) >= 11 is 0. The first kappa shape index (κ1) is 20.5. The van der Waals surface area contributed by atoms with Crippen LogP contribution in [0.5, 0.6) is 0 Å². The normalized spacial score (nSPS) is 42.4. The minimum atomic E-state index is -0.211. The zero-order chi connectivity index (χ0) is 19.5. The number of carbonyl (C=O) groups excluding carboxylic acids is 1. The average molecular weight is 396 g/mol. The van der Waals surface area contributed by atoms with E-state index in [4.69, 9.17) is 0 Å². The summed E-state index contributed by atoms with van der Waals surface area (Å²) in [6, 6.07) is 5.88. The number of aliphatic hydroxyl groups excluding tert-OH is 1. The number of pyridine rings is 1. The van der Waals surface area contributed by atoms with Crippen LogP contribution in [-0.2, 0) is 4.79 Å². The van der Waals surface area contributed by atoms with Crippen LogP contribution in [0.1, 0.15) is 64.5 Å². The first-order valence-electron chi connectivity index (χ1n) is 11.0. The number of ketones is 1. The summed E-state index contributed by atoms with van der Waals surface area (Å²) in [6.07, 6.45) is 13.1. The molecule has 5 rings (SSSR count). The molecule has 4 heteroatoms. The van der Waals surface area contributed by atoms with Crippen molar-refractivity contribution in [2.75, 3.05) is 0 Å². The molecule has 3 fully saturated rings. The summed E-state index contributed by atoms with van der Waals surface area (Å²) in [5.74, 6) is 2.04. The van der Waals surface area contributed by atoms with Gasteiger partial charge in [0.2, 0.25) is 0 Å². The molecule has 1 heterocycles. The first-order valence-corrected chi connectivity index (χ1v) is 11.0. The van der Waals surface area contributed by atoms with Crippen molar-refractivity contribution in [3.05, 3.63) is 47.3 Å². The zero-order valence-electron chi connectivity index (χ0n) is 17.5. The van der Waals surface area contributed by atoms with Crippen molar-refractivity contribution in [1.29, 1.82) is 0 Å². The number of aromatic nitrogens is 1. The van der Waals surface area contributed by atoms with Crippen molar-refractivity contribution in [2.24, 2.45) is 28.6 Å². The molecular formula is C25H33NO3. The summed E-state index contributed by atoms with van der Waals surface area (Å²) in [7, 11) is 0. The van der Waals surface area contributed by atoms with E-state index in [-0.39, 0.29) is 22.4 Å². The Balaban J connectivity index is 0.00000205. The van der Waals surface area contributed by atoms with Crippen LogP contribution in [0.4, 0.5) is 0 Å². The van der Waals surface area contributed by atoms with Crippen molar-refractivity contribution in [1.82, 2.24) is 4.98 Å². The van der Waals surface area contributed by atoms with E-state index in [1.54, 1.807) is 6.20 Å². The molecule has 156 valence electrons. The molecule has 0 radical (unpaired) electrons. The van der Waals surface area contributed by atoms with Crippen LogP contribution >= 0.6 is 0 Å². The summed E-state index contributed by atoms with van der Waals surface area (Å²) in [4.78, 5) is 17.8. The summed E-state index contributed by atoms with van der Waals surface area (Å²) in [5, 5.41) is 10.2. The zero-order valence-corrected chi connectivity index (χ0v) is 17.5. The second-order valence-electron chi connectivity index (χ2n) is 10.1. The predicted octanol–water partition coefficient (Wildman–Crippen LogP) is 4.14. The van der Waals surface area contributed by atoms with Crippen LogP contribution in [0.3, 0.4) is 0 Å². The Bertz CT molecular complexity index is 860. The molecule has 4 aliphatic rings. The van der Waals surface area contributed by atoms with Gasteiger partial charge in [0, 0.05) is 11.6 Å². The number of aliphatic hydroxyl groups is 1. The van der Waals surface area contributed by atoms with Gasteiger partial charge in [-0.3, -0.25) is 9.78 Å². The lowest BCUT2D eigenvalue weighted by molar-refractivity contribution is -0.130. The maximum atomic E-state index is 13.4. The number of rotatable bonds is 1. The monoisotopic (exact) mass is 395 g/mol. The number of nitrogens with zero attached hydrogens (tertiary/aromatic N) is 1. The van der Waals surface area contributed by atoms with E-state index in [0.717, 1.165) is 56.2 Å². The lowest BCUT2D eigenvalue weighted by atomic mass is 9.48.